The van der Waals surface area contributed by atoms with E-state index in [2.05, 4.69) is 20.3 Å². The van der Waals surface area contributed by atoms with Gasteiger partial charge in [-0.05, 0) is 61.4 Å². The lowest BCUT2D eigenvalue weighted by molar-refractivity contribution is -0.146. The first-order valence-corrected chi connectivity index (χ1v) is 15.0. The number of carbonyl (C=O) groups excluding carboxylic acids is 1. The summed E-state index contributed by atoms with van der Waals surface area (Å²) < 4.78 is 11.6. The van der Waals surface area contributed by atoms with Crippen LogP contribution in [-0.2, 0) is 16.2 Å². The predicted octanol–water partition coefficient (Wildman–Crippen LogP) is 4.20. The summed E-state index contributed by atoms with van der Waals surface area (Å²) >= 11 is 6.47. The molecule has 2 aromatic carbocycles. The molecule has 1 aliphatic rings. The van der Waals surface area contributed by atoms with Crippen molar-refractivity contribution < 1.29 is 34.4 Å². The molecule has 1 amide bonds. The van der Waals surface area contributed by atoms with E-state index in [9.17, 15) is 19.8 Å². The Kier molecular flexibility index (Phi) is 10.6. The highest BCUT2D eigenvalue weighted by Crippen LogP contribution is 2.32. The number of nitrogens with zero attached hydrogens (tertiary/aromatic N) is 4. The van der Waals surface area contributed by atoms with E-state index >= 15 is 0 Å². The fourth-order valence-corrected chi connectivity index (χ4v) is 5.29. The largest absolute Gasteiger partial charge is 0.491 e. The number of aliphatic carboxylic acids is 1. The Balaban J connectivity index is 1.14. The number of nitrogens with one attached hydrogen (secondary N) is 1. The molecule has 236 valence electrons. The summed E-state index contributed by atoms with van der Waals surface area (Å²) in [5, 5.41) is 34.3. The summed E-state index contributed by atoms with van der Waals surface area (Å²) in [5.74, 6) is -0.0601. The number of benzene rings is 2. The third-order valence-corrected chi connectivity index (χ3v) is 7.79. The second-order valence-electron chi connectivity index (χ2n) is 10.8. The van der Waals surface area contributed by atoms with E-state index in [-0.39, 0.29) is 32.0 Å². The molecule has 4 N–H and O–H groups in total. The number of carbonyl (C=O) groups is 2. The Morgan fingerprint density at radius 3 is 2.56 bits per heavy atom. The summed E-state index contributed by atoms with van der Waals surface area (Å²) in [6, 6.07) is 16.1. The highest BCUT2D eigenvalue weighted by Gasteiger charge is 2.28. The topological polar surface area (TPSA) is 167 Å². The van der Waals surface area contributed by atoms with Crippen LogP contribution in [0.2, 0.25) is 5.02 Å². The highest BCUT2D eigenvalue weighted by atomic mass is 35.5. The normalized spacial score (nSPS) is 15.0. The zero-order chi connectivity index (χ0) is 31.8. The molecule has 45 heavy (non-hydrogen) atoms. The minimum absolute atomic E-state index is 0.0524. The number of amides is 1. The smallest absolute Gasteiger partial charge is 0.306 e. The van der Waals surface area contributed by atoms with Crippen LogP contribution in [0.4, 0.5) is 11.5 Å². The molecule has 2 aromatic heterocycles. The van der Waals surface area contributed by atoms with Crippen LogP contribution in [0.5, 0.6) is 11.5 Å². The summed E-state index contributed by atoms with van der Waals surface area (Å²) in [5.41, 5.74) is 2.14. The van der Waals surface area contributed by atoms with Crippen LogP contribution in [0.15, 0.2) is 67.1 Å². The number of hydrogen-bond donors (Lipinski definition) is 4. The minimum atomic E-state index is -1.06. The number of likely N-dealkylation sites (tertiary alicyclic amines) is 1. The monoisotopic (exact) mass is 635 g/mol. The van der Waals surface area contributed by atoms with Crippen molar-refractivity contribution in [1.82, 2.24) is 19.9 Å². The molecule has 3 heterocycles. The SMILES string of the molecule is O=C(O)C1CCN(C(=O)CC(O)CC(O)COc2ccc3ncnc(Nc4ccc(OCc5ccccn5)c(Cl)c4)c3c2)CC1. The van der Waals surface area contributed by atoms with E-state index in [1.54, 1.807) is 41.4 Å². The number of fused-ring (bicyclic) bond motifs is 1. The summed E-state index contributed by atoms with van der Waals surface area (Å²) in [6.45, 7) is 0.868. The number of carboxylic acids is 1. The first kappa shape index (κ1) is 31.9. The van der Waals surface area contributed by atoms with E-state index < -0.39 is 24.1 Å². The lowest BCUT2D eigenvalue weighted by Gasteiger charge is -2.31. The van der Waals surface area contributed by atoms with Crippen molar-refractivity contribution in [3.05, 3.63) is 77.8 Å². The number of hydrogen-bond acceptors (Lipinski definition) is 10. The Bertz CT molecular complexity index is 1620. The van der Waals surface area contributed by atoms with E-state index in [4.69, 9.17) is 26.2 Å². The van der Waals surface area contributed by atoms with Gasteiger partial charge in [-0.3, -0.25) is 14.6 Å². The molecule has 1 fully saturated rings. The molecule has 0 bridgehead atoms. The number of pyridine rings is 1. The van der Waals surface area contributed by atoms with Gasteiger partial charge in [-0.15, -0.1) is 0 Å². The second kappa shape index (κ2) is 15.0. The van der Waals surface area contributed by atoms with Crippen LogP contribution in [-0.4, -0.2) is 79.0 Å². The molecule has 2 unspecified atom stereocenters. The molecule has 1 aliphatic heterocycles. The molecule has 12 nitrogen and oxygen atoms in total. The quantitative estimate of drug-likeness (QED) is 0.166. The number of ether oxygens (including phenoxy) is 2. The lowest BCUT2D eigenvalue weighted by Crippen LogP contribution is -2.41. The maximum absolute atomic E-state index is 12.5. The number of carboxylic acid groups (broad SMARTS) is 1. The van der Waals surface area contributed by atoms with Crippen molar-refractivity contribution in [2.75, 3.05) is 25.0 Å². The fourth-order valence-electron chi connectivity index (χ4n) is 5.06. The lowest BCUT2D eigenvalue weighted by atomic mass is 9.96. The van der Waals surface area contributed by atoms with E-state index in [0.717, 1.165) is 5.69 Å². The third kappa shape index (κ3) is 8.78. The maximum Gasteiger partial charge on any atom is 0.306 e. The number of piperidine rings is 1. The van der Waals surface area contributed by atoms with Crippen molar-refractivity contribution in [3.8, 4) is 11.5 Å². The molecule has 0 radical (unpaired) electrons. The average Bonchev–Trinajstić information content (AvgIpc) is 3.04. The number of rotatable bonds is 13. The zero-order valence-electron chi connectivity index (χ0n) is 24.4. The summed E-state index contributed by atoms with van der Waals surface area (Å²) in [7, 11) is 0. The average molecular weight is 636 g/mol. The van der Waals surface area contributed by atoms with Gasteiger partial charge in [0.25, 0.3) is 0 Å². The van der Waals surface area contributed by atoms with Crippen LogP contribution in [0.25, 0.3) is 10.9 Å². The fraction of sp³-hybridized carbons (Fsp3) is 0.344. The Morgan fingerprint density at radius 2 is 1.82 bits per heavy atom. The van der Waals surface area contributed by atoms with Gasteiger partial charge in [0.15, 0.2) is 0 Å². The number of aliphatic hydroxyl groups is 2. The predicted molar refractivity (Wildman–Crippen MR) is 167 cm³/mol. The number of halogens is 1. The van der Waals surface area contributed by atoms with Gasteiger partial charge in [-0.2, -0.15) is 0 Å². The van der Waals surface area contributed by atoms with E-state index in [1.807, 2.05) is 24.3 Å². The van der Waals surface area contributed by atoms with Gasteiger partial charge in [0.1, 0.15) is 36.9 Å². The molecule has 0 aliphatic carbocycles. The van der Waals surface area contributed by atoms with Gasteiger partial charge < -0.3 is 35.0 Å². The Morgan fingerprint density at radius 1 is 1.00 bits per heavy atom. The molecule has 0 spiro atoms. The van der Waals surface area contributed by atoms with Crippen LogP contribution in [0, 0.1) is 5.92 Å². The van der Waals surface area contributed by atoms with Gasteiger partial charge in [-0.25, -0.2) is 9.97 Å². The van der Waals surface area contributed by atoms with E-state index in [0.29, 0.717) is 64.9 Å². The minimum Gasteiger partial charge on any atom is -0.491 e. The summed E-state index contributed by atoms with van der Waals surface area (Å²) in [6.07, 6.45) is 1.64. The number of aromatic nitrogens is 3. The zero-order valence-corrected chi connectivity index (χ0v) is 25.1. The van der Waals surface area contributed by atoms with Gasteiger partial charge in [0.05, 0.1) is 40.8 Å². The van der Waals surface area contributed by atoms with Gasteiger partial charge in [0, 0.05) is 36.8 Å². The molecule has 5 rings (SSSR count). The maximum atomic E-state index is 12.5. The van der Waals surface area contributed by atoms with E-state index in [1.165, 1.54) is 6.33 Å². The Labute approximate surface area is 264 Å². The van der Waals surface area contributed by atoms with Crippen LogP contribution in [0.3, 0.4) is 0 Å². The van der Waals surface area contributed by atoms with Crippen molar-refractivity contribution in [3.63, 3.8) is 0 Å². The van der Waals surface area contributed by atoms with Crippen LogP contribution < -0.4 is 14.8 Å². The number of aliphatic hydroxyl groups excluding tert-OH is 2. The Hall–Kier alpha value is -4.52. The molecule has 13 heteroatoms. The molecule has 1 saturated heterocycles. The van der Waals surface area contributed by atoms with Crippen LogP contribution >= 0.6 is 11.6 Å². The van der Waals surface area contributed by atoms with Crippen molar-refractivity contribution in [1.29, 1.82) is 0 Å². The third-order valence-electron chi connectivity index (χ3n) is 7.50. The first-order chi connectivity index (χ1) is 21.7. The molecule has 0 saturated carbocycles. The second-order valence-corrected chi connectivity index (χ2v) is 11.2. The van der Waals surface area contributed by atoms with Gasteiger partial charge >= 0.3 is 5.97 Å². The van der Waals surface area contributed by atoms with Gasteiger partial charge in [0.2, 0.25) is 5.91 Å². The molecular formula is C32H34ClN5O7. The first-order valence-electron chi connectivity index (χ1n) is 14.6. The van der Waals surface area contributed by atoms with Gasteiger partial charge in [-0.1, -0.05) is 17.7 Å². The standard InChI is InChI=1S/C32H34ClN5O7/c33-27-13-21(4-7-29(27)45-17-22-3-1-2-10-34-22)37-31-26-16-25(5-6-28(26)35-19-36-31)44-18-24(40)14-23(39)15-30(41)38-11-8-20(9-12-38)32(42)43/h1-7,10,13,16,19-20,23-24,39-40H,8-9,11-12,14-15,17-18H2,(H,42,43)(H,35,36,37). The summed E-state index contributed by atoms with van der Waals surface area (Å²) in [4.78, 5) is 38.1. The van der Waals surface area contributed by atoms with Crippen molar-refractivity contribution in [2.45, 2.75) is 44.5 Å². The molecule has 2 atom stereocenters. The molecule has 4 aromatic rings. The number of anilines is 2. The highest BCUT2D eigenvalue weighted by molar-refractivity contribution is 6.32. The molecular weight excluding hydrogens is 602 g/mol. The van der Waals surface area contributed by atoms with Crippen molar-refractivity contribution >= 4 is 45.9 Å². The van der Waals surface area contributed by atoms with Crippen LogP contribution in [0.1, 0.15) is 31.4 Å². The van der Waals surface area contributed by atoms with Crippen molar-refractivity contribution in [2.24, 2.45) is 5.92 Å².